The third-order valence-electron chi connectivity index (χ3n) is 6.35. The maximum atomic E-state index is 13.0. The molecule has 9 heteroatoms. The molecule has 1 aliphatic rings. The highest BCUT2D eigenvalue weighted by Gasteiger charge is 2.48. The molecule has 1 atom stereocenters. The summed E-state index contributed by atoms with van der Waals surface area (Å²) in [6.45, 7) is 3.66. The zero-order valence-corrected chi connectivity index (χ0v) is 20.4. The van der Waals surface area contributed by atoms with E-state index in [-0.39, 0.29) is 5.56 Å². The number of nitrogens with zero attached hydrogens (tertiary/aromatic N) is 3. The smallest absolute Gasteiger partial charge is 0.344 e. The van der Waals surface area contributed by atoms with Crippen LogP contribution in [0.25, 0.3) is 22.9 Å². The van der Waals surface area contributed by atoms with Gasteiger partial charge in [-0.1, -0.05) is 48.0 Å². The van der Waals surface area contributed by atoms with E-state index in [1.807, 2.05) is 61.5 Å². The predicted molar refractivity (Wildman–Crippen MR) is 136 cm³/mol. The molecule has 1 aromatic heterocycles. The Bertz CT molecular complexity index is 1450. The number of carbonyl (C=O) groups is 3. The van der Waals surface area contributed by atoms with Crippen molar-refractivity contribution in [2.75, 3.05) is 0 Å². The average Bonchev–Trinajstić information content (AvgIpc) is 3.48. The van der Waals surface area contributed by atoms with Gasteiger partial charge in [0.05, 0.1) is 0 Å². The van der Waals surface area contributed by atoms with Crippen LogP contribution in [0.15, 0.2) is 83.3 Å². The molecule has 4 aromatic rings. The summed E-state index contributed by atoms with van der Waals surface area (Å²) in [7, 11) is 0. The second-order valence-corrected chi connectivity index (χ2v) is 9.19. The van der Waals surface area contributed by atoms with Gasteiger partial charge in [-0.25, -0.2) is 4.79 Å². The number of amides is 4. The van der Waals surface area contributed by atoms with Gasteiger partial charge in [0.25, 0.3) is 11.8 Å². The van der Waals surface area contributed by atoms with Crippen LogP contribution in [-0.4, -0.2) is 38.6 Å². The summed E-state index contributed by atoms with van der Waals surface area (Å²) in [6.07, 6.45) is 1.01. The van der Waals surface area contributed by atoms with Crippen LogP contribution in [0.3, 0.4) is 0 Å². The molecule has 1 saturated heterocycles. The number of benzene rings is 3. The third kappa shape index (κ3) is 4.97. The molecule has 0 saturated carbocycles. The van der Waals surface area contributed by atoms with Crippen LogP contribution < -0.4 is 10.7 Å². The minimum atomic E-state index is -1.11. The van der Waals surface area contributed by atoms with E-state index in [0.29, 0.717) is 30.2 Å². The van der Waals surface area contributed by atoms with Crippen LogP contribution >= 0.6 is 0 Å². The predicted octanol–water partition coefficient (Wildman–Crippen LogP) is 4.30. The number of imide groups is 1. The first-order valence-electron chi connectivity index (χ1n) is 11.8. The van der Waals surface area contributed by atoms with E-state index in [4.69, 9.17) is 4.42 Å². The number of hydrazine groups is 1. The second kappa shape index (κ2) is 9.69. The standard InChI is InChI=1S/C28H25N5O4/c1-18-8-10-21(11-9-18)24-30-31-25(37-24)22-14-12-20(13-15-22)23(34)32-33-26(35)28(2,29-27(33)36)17-16-19-6-4-3-5-7-19/h3-15H,16-17H2,1-2H3,(H,29,36)(H,32,34). The fourth-order valence-corrected chi connectivity index (χ4v) is 4.08. The van der Waals surface area contributed by atoms with E-state index in [1.54, 1.807) is 31.2 Å². The quantitative estimate of drug-likeness (QED) is 0.369. The molecule has 0 radical (unpaired) electrons. The highest BCUT2D eigenvalue weighted by atomic mass is 16.4. The second-order valence-electron chi connectivity index (χ2n) is 9.19. The molecule has 5 rings (SSSR count). The van der Waals surface area contributed by atoms with Crippen molar-refractivity contribution < 1.29 is 18.8 Å². The Morgan fingerprint density at radius 2 is 1.51 bits per heavy atom. The van der Waals surface area contributed by atoms with Gasteiger partial charge in [0.1, 0.15) is 5.54 Å². The Kier molecular flexibility index (Phi) is 6.27. The molecule has 186 valence electrons. The van der Waals surface area contributed by atoms with Crippen molar-refractivity contribution in [1.82, 2.24) is 25.9 Å². The van der Waals surface area contributed by atoms with Crippen molar-refractivity contribution in [3.8, 4) is 22.9 Å². The molecule has 37 heavy (non-hydrogen) atoms. The maximum absolute atomic E-state index is 13.0. The fraction of sp³-hybridized carbons (Fsp3) is 0.179. The molecule has 1 fully saturated rings. The number of carbonyl (C=O) groups excluding carboxylic acids is 3. The van der Waals surface area contributed by atoms with E-state index in [1.165, 1.54) is 0 Å². The minimum Gasteiger partial charge on any atom is -0.416 e. The van der Waals surface area contributed by atoms with Crippen molar-refractivity contribution in [2.24, 2.45) is 0 Å². The molecule has 1 unspecified atom stereocenters. The molecular formula is C28H25N5O4. The minimum absolute atomic E-state index is 0.264. The number of aromatic nitrogens is 2. The summed E-state index contributed by atoms with van der Waals surface area (Å²) in [5.41, 5.74) is 5.19. The Labute approximate surface area is 213 Å². The van der Waals surface area contributed by atoms with Gasteiger partial charge in [-0.05, 0) is 68.7 Å². The monoisotopic (exact) mass is 495 g/mol. The largest absolute Gasteiger partial charge is 0.416 e. The van der Waals surface area contributed by atoms with Gasteiger partial charge in [0.15, 0.2) is 0 Å². The van der Waals surface area contributed by atoms with Gasteiger partial charge in [0.2, 0.25) is 11.8 Å². The normalized spacial score (nSPS) is 17.1. The van der Waals surface area contributed by atoms with Gasteiger partial charge >= 0.3 is 6.03 Å². The lowest BCUT2D eigenvalue weighted by molar-refractivity contribution is -0.132. The van der Waals surface area contributed by atoms with Gasteiger partial charge < -0.3 is 9.73 Å². The lowest BCUT2D eigenvalue weighted by Crippen LogP contribution is -2.48. The van der Waals surface area contributed by atoms with Gasteiger partial charge in [-0.2, -0.15) is 5.01 Å². The Hall–Kier alpha value is -4.79. The summed E-state index contributed by atoms with van der Waals surface area (Å²) >= 11 is 0. The molecule has 9 nitrogen and oxygen atoms in total. The van der Waals surface area contributed by atoms with Crippen molar-refractivity contribution in [3.05, 3.63) is 95.6 Å². The SMILES string of the molecule is Cc1ccc(-c2nnc(-c3ccc(C(=O)NN4C(=O)NC(C)(CCc5ccccc5)C4=O)cc3)o2)cc1. The van der Waals surface area contributed by atoms with Crippen molar-refractivity contribution in [1.29, 1.82) is 0 Å². The average molecular weight is 496 g/mol. The molecule has 0 spiro atoms. The molecule has 3 aromatic carbocycles. The van der Waals surface area contributed by atoms with E-state index in [2.05, 4.69) is 20.9 Å². The molecule has 2 heterocycles. The fourth-order valence-electron chi connectivity index (χ4n) is 4.08. The summed E-state index contributed by atoms with van der Waals surface area (Å²) in [4.78, 5) is 38.3. The van der Waals surface area contributed by atoms with E-state index in [9.17, 15) is 14.4 Å². The van der Waals surface area contributed by atoms with Crippen molar-refractivity contribution >= 4 is 17.8 Å². The van der Waals surface area contributed by atoms with Crippen LogP contribution in [0.4, 0.5) is 4.79 Å². The summed E-state index contributed by atoms with van der Waals surface area (Å²) in [6, 6.07) is 23.2. The molecule has 4 amide bonds. The molecule has 0 bridgehead atoms. The maximum Gasteiger partial charge on any atom is 0.344 e. The summed E-state index contributed by atoms with van der Waals surface area (Å²) in [5, 5.41) is 11.6. The number of urea groups is 1. The summed E-state index contributed by atoms with van der Waals surface area (Å²) in [5.74, 6) is -0.391. The highest BCUT2D eigenvalue weighted by molar-refractivity contribution is 6.09. The van der Waals surface area contributed by atoms with Crippen LogP contribution in [0.2, 0.25) is 0 Å². The molecular weight excluding hydrogens is 470 g/mol. The number of hydrogen-bond acceptors (Lipinski definition) is 6. The van der Waals surface area contributed by atoms with Crippen LogP contribution in [0.5, 0.6) is 0 Å². The zero-order valence-electron chi connectivity index (χ0n) is 20.4. The van der Waals surface area contributed by atoms with Gasteiger partial charge in [-0.3, -0.25) is 15.0 Å². The number of rotatable bonds is 7. The van der Waals surface area contributed by atoms with E-state index >= 15 is 0 Å². The first-order valence-corrected chi connectivity index (χ1v) is 11.8. The number of aryl methyl sites for hydroxylation is 2. The molecule has 2 N–H and O–H groups in total. The lowest BCUT2D eigenvalue weighted by Gasteiger charge is -2.21. The van der Waals surface area contributed by atoms with E-state index in [0.717, 1.165) is 21.7 Å². The number of nitrogens with one attached hydrogen (secondary N) is 2. The van der Waals surface area contributed by atoms with E-state index < -0.39 is 23.4 Å². The Morgan fingerprint density at radius 1 is 0.919 bits per heavy atom. The highest BCUT2D eigenvalue weighted by Crippen LogP contribution is 2.25. The Morgan fingerprint density at radius 3 is 2.14 bits per heavy atom. The third-order valence-corrected chi connectivity index (χ3v) is 6.35. The van der Waals surface area contributed by atoms with Crippen molar-refractivity contribution in [2.45, 2.75) is 32.2 Å². The topological polar surface area (TPSA) is 117 Å². The number of hydrogen-bond donors (Lipinski definition) is 2. The molecule has 0 aliphatic carbocycles. The van der Waals surface area contributed by atoms with Crippen LogP contribution in [-0.2, 0) is 11.2 Å². The lowest BCUT2D eigenvalue weighted by atomic mass is 9.93. The van der Waals surface area contributed by atoms with Crippen molar-refractivity contribution in [3.63, 3.8) is 0 Å². The van der Waals surface area contributed by atoms with Gasteiger partial charge in [-0.15, -0.1) is 10.2 Å². The first kappa shape index (κ1) is 23.9. The summed E-state index contributed by atoms with van der Waals surface area (Å²) < 4.78 is 5.78. The van der Waals surface area contributed by atoms with Gasteiger partial charge in [0, 0.05) is 16.7 Å². The van der Waals surface area contributed by atoms with Crippen LogP contribution in [0, 0.1) is 6.92 Å². The Balaban J connectivity index is 1.23. The van der Waals surface area contributed by atoms with Crippen LogP contribution in [0.1, 0.15) is 34.8 Å². The molecule has 1 aliphatic heterocycles. The first-order chi connectivity index (χ1) is 17.8. The zero-order chi connectivity index (χ0) is 26.0.